The summed E-state index contributed by atoms with van der Waals surface area (Å²) in [6, 6.07) is 4.85. The minimum atomic E-state index is -0.452. The zero-order chi connectivity index (χ0) is 22.6. The Morgan fingerprint density at radius 2 is 1.58 bits per heavy atom. The standard InChI is InChI=1S/C23H36N2O6/c1-22(2)15-24(10-12-29-22)14-17(25-11-13-30-23(3,4)16-25)21(26)31-20-18(27-5)8-7-9-19(20)28-6/h7-9,17H,10-16H2,1-6H3. The van der Waals surface area contributed by atoms with Gasteiger partial charge in [0.1, 0.15) is 6.04 Å². The van der Waals surface area contributed by atoms with Gasteiger partial charge in [0.05, 0.1) is 38.6 Å². The Morgan fingerprint density at radius 1 is 1.00 bits per heavy atom. The molecule has 0 aromatic heterocycles. The smallest absolute Gasteiger partial charge is 0.330 e. The highest BCUT2D eigenvalue weighted by Crippen LogP contribution is 2.37. The third-order valence-electron chi connectivity index (χ3n) is 5.69. The molecule has 0 radical (unpaired) electrons. The number of esters is 1. The molecule has 0 saturated carbocycles. The Morgan fingerprint density at radius 3 is 2.13 bits per heavy atom. The minimum absolute atomic E-state index is 0.247. The SMILES string of the molecule is COc1cccc(OC)c1OC(=O)C(CN1CCOC(C)(C)C1)N1CCOC(C)(C)C1. The van der Waals surface area contributed by atoms with Crippen LogP contribution in [0.3, 0.4) is 0 Å². The van der Waals surface area contributed by atoms with Crippen LogP contribution in [0.1, 0.15) is 27.7 Å². The van der Waals surface area contributed by atoms with Gasteiger partial charge in [-0.05, 0) is 39.8 Å². The third kappa shape index (κ3) is 6.10. The Labute approximate surface area is 185 Å². The maximum absolute atomic E-state index is 13.5. The van der Waals surface area contributed by atoms with Gasteiger partial charge < -0.3 is 23.7 Å². The molecule has 3 rings (SSSR count). The average molecular weight is 437 g/mol. The molecule has 0 aliphatic carbocycles. The summed E-state index contributed by atoms with van der Waals surface area (Å²) < 4.78 is 28.4. The van der Waals surface area contributed by atoms with Crippen molar-refractivity contribution in [3.8, 4) is 17.2 Å². The zero-order valence-electron chi connectivity index (χ0n) is 19.6. The van der Waals surface area contributed by atoms with E-state index in [1.165, 1.54) is 0 Å². The van der Waals surface area contributed by atoms with Gasteiger partial charge >= 0.3 is 5.97 Å². The van der Waals surface area contributed by atoms with E-state index in [1.54, 1.807) is 32.4 Å². The van der Waals surface area contributed by atoms with Crippen molar-refractivity contribution in [2.24, 2.45) is 0 Å². The summed E-state index contributed by atoms with van der Waals surface area (Å²) in [4.78, 5) is 18.0. The van der Waals surface area contributed by atoms with Crippen LogP contribution in [0, 0.1) is 0 Å². The Bertz CT molecular complexity index is 744. The van der Waals surface area contributed by atoms with Crippen molar-refractivity contribution in [2.75, 3.05) is 60.2 Å². The van der Waals surface area contributed by atoms with Crippen LogP contribution >= 0.6 is 0 Å². The molecular weight excluding hydrogens is 400 g/mol. The second-order valence-corrected chi connectivity index (χ2v) is 9.35. The molecule has 1 aromatic carbocycles. The Hall–Kier alpha value is -1.87. The van der Waals surface area contributed by atoms with Crippen LogP contribution in [0.15, 0.2) is 18.2 Å². The molecule has 2 aliphatic rings. The lowest BCUT2D eigenvalue weighted by Gasteiger charge is -2.44. The summed E-state index contributed by atoms with van der Waals surface area (Å²) in [5.74, 6) is 0.893. The summed E-state index contributed by atoms with van der Waals surface area (Å²) in [6.45, 7) is 12.8. The predicted molar refractivity (Wildman–Crippen MR) is 117 cm³/mol. The number of rotatable bonds is 7. The summed E-state index contributed by atoms with van der Waals surface area (Å²) in [6.07, 6.45) is 0. The van der Waals surface area contributed by atoms with E-state index < -0.39 is 6.04 Å². The first-order valence-corrected chi connectivity index (χ1v) is 10.8. The summed E-state index contributed by atoms with van der Waals surface area (Å²) in [5.41, 5.74) is -0.577. The average Bonchev–Trinajstić information content (AvgIpc) is 2.70. The maximum atomic E-state index is 13.5. The Kier molecular flexibility index (Phi) is 7.47. The fraction of sp³-hybridized carbons (Fsp3) is 0.696. The number of carbonyl (C=O) groups is 1. The van der Waals surface area contributed by atoms with E-state index in [-0.39, 0.29) is 17.2 Å². The molecule has 0 bridgehead atoms. The number of hydrogen-bond donors (Lipinski definition) is 0. The van der Waals surface area contributed by atoms with E-state index in [0.29, 0.717) is 50.1 Å². The first-order chi connectivity index (χ1) is 14.6. The Balaban J connectivity index is 1.84. The normalized spacial score (nSPS) is 22.5. The fourth-order valence-electron chi connectivity index (χ4n) is 4.26. The van der Waals surface area contributed by atoms with Crippen molar-refractivity contribution in [1.29, 1.82) is 0 Å². The summed E-state index contributed by atoms with van der Waals surface area (Å²) in [7, 11) is 3.09. The lowest BCUT2D eigenvalue weighted by atomic mass is 10.0. The van der Waals surface area contributed by atoms with Crippen molar-refractivity contribution in [3.63, 3.8) is 0 Å². The van der Waals surface area contributed by atoms with E-state index in [9.17, 15) is 4.79 Å². The lowest BCUT2D eigenvalue weighted by Crippen LogP contribution is -2.60. The van der Waals surface area contributed by atoms with E-state index >= 15 is 0 Å². The highest BCUT2D eigenvalue weighted by molar-refractivity contribution is 5.80. The van der Waals surface area contributed by atoms with E-state index in [1.807, 2.05) is 13.8 Å². The molecular formula is C23H36N2O6. The van der Waals surface area contributed by atoms with Gasteiger partial charge in [-0.3, -0.25) is 9.80 Å². The first-order valence-electron chi connectivity index (χ1n) is 10.8. The molecule has 1 unspecified atom stereocenters. The van der Waals surface area contributed by atoms with Crippen LogP contribution in [0.2, 0.25) is 0 Å². The molecule has 2 fully saturated rings. The number of carbonyl (C=O) groups excluding carboxylic acids is 1. The van der Waals surface area contributed by atoms with Crippen LogP contribution in [-0.4, -0.2) is 93.2 Å². The van der Waals surface area contributed by atoms with Crippen molar-refractivity contribution in [2.45, 2.75) is 44.9 Å². The van der Waals surface area contributed by atoms with E-state index in [2.05, 4.69) is 23.6 Å². The van der Waals surface area contributed by atoms with Crippen molar-refractivity contribution in [3.05, 3.63) is 18.2 Å². The molecule has 0 N–H and O–H groups in total. The molecule has 1 atom stereocenters. The number of morpholine rings is 2. The monoisotopic (exact) mass is 436 g/mol. The molecule has 0 amide bonds. The lowest BCUT2D eigenvalue weighted by molar-refractivity contribution is -0.152. The molecule has 8 heteroatoms. The molecule has 8 nitrogen and oxygen atoms in total. The van der Waals surface area contributed by atoms with Crippen molar-refractivity contribution < 1.29 is 28.5 Å². The summed E-state index contributed by atoms with van der Waals surface area (Å²) >= 11 is 0. The van der Waals surface area contributed by atoms with E-state index in [0.717, 1.165) is 13.1 Å². The first kappa shape index (κ1) is 23.8. The molecule has 31 heavy (non-hydrogen) atoms. The van der Waals surface area contributed by atoms with Gasteiger partial charge in [0.15, 0.2) is 11.5 Å². The van der Waals surface area contributed by atoms with Crippen LogP contribution < -0.4 is 14.2 Å². The number of ether oxygens (including phenoxy) is 5. The van der Waals surface area contributed by atoms with E-state index in [4.69, 9.17) is 23.7 Å². The maximum Gasteiger partial charge on any atom is 0.330 e. The van der Waals surface area contributed by atoms with Gasteiger partial charge in [-0.1, -0.05) is 6.07 Å². The van der Waals surface area contributed by atoms with Crippen LogP contribution in [-0.2, 0) is 14.3 Å². The van der Waals surface area contributed by atoms with Crippen molar-refractivity contribution in [1.82, 2.24) is 9.80 Å². The molecule has 1 aromatic rings. The minimum Gasteiger partial charge on any atom is -0.493 e. The molecule has 2 aliphatic heterocycles. The van der Waals surface area contributed by atoms with Gasteiger partial charge in [-0.2, -0.15) is 0 Å². The second kappa shape index (κ2) is 9.73. The quantitative estimate of drug-likeness (QED) is 0.476. The number of nitrogens with zero attached hydrogens (tertiary/aromatic N) is 2. The zero-order valence-corrected chi connectivity index (χ0v) is 19.6. The number of methoxy groups -OCH3 is 2. The van der Waals surface area contributed by atoms with Gasteiger partial charge in [0, 0.05) is 32.7 Å². The van der Waals surface area contributed by atoms with Gasteiger partial charge in [-0.15, -0.1) is 0 Å². The summed E-state index contributed by atoms with van der Waals surface area (Å²) in [5, 5.41) is 0. The van der Waals surface area contributed by atoms with Crippen molar-refractivity contribution >= 4 is 5.97 Å². The molecule has 174 valence electrons. The topological polar surface area (TPSA) is 69.7 Å². The highest BCUT2D eigenvalue weighted by atomic mass is 16.6. The molecule has 2 heterocycles. The highest BCUT2D eigenvalue weighted by Gasteiger charge is 2.39. The third-order valence-corrected chi connectivity index (χ3v) is 5.69. The largest absolute Gasteiger partial charge is 0.493 e. The molecule has 2 saturated heterocycles. The van der Waals surface area contributed by atoms with Gasteiger partial charge in [-0.25, -0.2) is 4.79 Å². The van der Waals surface area contributed by atoms with Crippen LogP contribution in [0.5, 0.6) is 17.2 Å². The number of para-hydroxylation sites is 1. The van der Waals surface area contributed by atoms with Gasteiger partial charge in [0.25, 0.3) is 0 Å². The number of hydrogen-bond acceptors (Lipinski definition) is 8. The van der Waals surface area contributed by atoms with Gasteiger partial charge in [0.2, 0.25) is 5.75 Å². The molecule has 0 spiro atoms. The number of benzene rings is 1. The second-order valence-electron chi connectivity index (χ2n) is 9.35. The van der Waals surface area contributed by atoms with Crippen LogP contribution in [0.25, 0.3) is 0 Å². The van der Waals surface area contributed by atoms with Crippen LogP contribution in [0.4, 0.5) is 0 Å². The predicted octanol–water partition coefficient (Wildman–Crippen LogP) is 2.20. The fourth-order valence-corrected chi connectivity index (χ4v) is 4.26.